The zero-order chi connectivity index (χ0) is 20.8. The van der Waals surface area contributed by atoms with Gasteiger partial charge in [0.1, 0.15) is 10.5 Å². The van der Waals surface area contributed by atoms with Crippen LogP contribution in [-0.2, 0) is 24.2 Å². The molecule has 6 nitrogen and oxygen atoms in total. The third-order valence-corrected chi connectivity index (χ3v) is 8.33. The maximum atomic E-state index is 13.1. The van der Waals surface area contributed by atoms with Crippen LogP contribution in [-0.4, -0.2) is 41.1 Å². The van der Waals surface area contributed by atoms with Crippen molar-refractivity contribution in [3.8, 4) is 0 Å². The number of hydrogen-bond acceptors (Lipinski definition) is 5. The van der Waals surface area contributed by atoms with E-state index in [1.165, 1.54) is 0 Å². The minimum Gasteiger partial charge on any atom is -0.448 e. The van der Waals surface area contributed by atoms with E-state index >= 15 is 0 Å². The van der Waals surface area contributed by atoms with Crippen LogP contribution in [0.15, 0.2) is 71.9 Å². The molecule has 1 fully saturated rings. The van der Waals surface area contributed by atoms with E-state index in [2.05, 4.69) is 15.9 Å². The number of hydrogen-bond donors (Lipinski definition) is 0. The molecule has 29 heavy (non-hydrogen) atoms. The molecule has 0 saturated carbocycles. The van der Waals surface area contributed by atoms with Crippen molar-refractivity contribution >= 4 is 37.6 Å². The lowest BCUT2D eigenvalue weighted by Crippen LogP contribution is -2.67. The van der Waals surface area contributed by atoms with Crippen LogP contribution in [0.2, 0.25) is 0 Å². The summed E-state index contributed by atoms with van der Waals surface area (Å²) in [5.74, 6) is -1.46. The molecule has 0 spiro atoms. The van der Waals surface area contributed by atoms with E-state index in [0.717, 1.165) is 16.0 Å². The number of alkyl halides is 1. The van der Waals surface area contributed by atoms with Gasteiger partial charge in [-0.3, -0.25) is 9.69 Å². The fraction of sp³-hybridized carbons (Fsp3) is 0.238. The van der Waals surface area contributed by atoms with Crippen LogP contribution >= 0.6 is 15.9 Å². The number of rotatable bonds is 4. The van der Waals surface area contributed by atoms with Crippen LogP contribution in [0, 0.1) is 0 Å². The Morgan fingerprint density at radius 1 is 1.07 bits per heavy atom. The quantitative estimate of drug-likeness (QED) is 0.385. The highest BCUT2D eigenvalue weighted by atomic mass is 79.9. The number of carbonyl (C=O) groups excluding carboxylic acids is 2. The average molecular weight is 476 g/mol. The van der Waals surface area contributed by atoms with Crippen molar-refractivity contribution in [1.29, 1.82) is 0 Å². The lowest BCUT2D eigenvalue weighted by atomic mass is 10.0. The van der Waals surface area contributed by atoms with Gasteiger partial charge in [0.05, 0.1) is 5.75 Å². The van der Waals surface area contributed by atoms with Gasteiger partial charge in [-0.1, -0.05) is 76.6 Å². The summed E-state index contributed by atoms with van der Waals surface area (Å²) in [6.07, 6.45) is -0.682. The van der Waals surface area contributed by atoms with Crippen LogP contribution in [0.1, 0.15) is 24.2 Å². The van der Waals surface area contributed by atoms with Crippen LogP contribution in [0.3, 0.4) is 0 Å². The number of amides is 1. The van der Waals surface area contributed by atoms with E-state index < -0.39 is 38.0 Å². The monoisotopic (exact) mass is 475 g/mol. The Kier molecular flexibility index (Phi) is 5.08. The van der Waals surface area contributed by atoms with E-state index in [1.54, 1.807) is 6.92 Å². The average Bonchev–Trinajstić information content (AvgIpc) is 2.71. The summed E-state index contributed by atoms with van der Waals surface area (Å²) in [6.45, 7) is 1.54. The van der Waals surface area contributed by atoms with Gasteiger partial charge >= 0.3 is 5.97 Å². The SMILES string of the molecule is CC1=C(C(=O)OC(c2ccccc2)c2ccccc2)N2C(=O)[C@H](Br)[C@@H]2S(=O)(=O)C1. The fourth-order valence-corrected chi connectivity index (χ4v) is 7.06. The molecule has 2 aromatic rings. The molecule has 2 atom stereocenters. The van der Waals surface area contributed by atoms with Crippen molar-refractivity contribution in [2.24, 2.45) is 0 Å². The number of halogens is 1. The molecule has 0 bridgehead atoms. The van der Waals surface area contributed by atoms with Crippen molar-refractivity contribution in [1.82, 2.24) is 4.90 Å². The Morgan fingerprint density at radius 2 is 1.59 bits per heavy atom. The summed E-state index contributed by atoms with van der Waals surface area (Å²) in [4.78, 5) is 25.7. The summed E-state index contributed by atoms with van der Waals surface area (Å²) in [7, 11) is -3.56. The predicted molar refractivity (Wildman–Crippen MR) is 111 cm³/mol. The first-order valence-electron chi connectivity index (χ1n) is 9.00. The second-order valence-electron chi connectivity index (χ2n) is 7.04. The van der Waals surface area contributed by atoms with Crippen molar-refractivity contribution in [3.63, 3.8) is 0 Å². The first-order chi connectivity index (χ1) is 13.8. The highest BCUT2D eigenvalue weighted by Gasteiger charge is 2.58. The minimum absolute atomic E-state index is 0.0161. The zero-order valence-corrected chi connectivity index (χ0v) is 17.9. The standard InChI is InChI=1S/C21H18BrNO5S/c1-13-12-29(26,27)20-16(22)19(24)23(20)17(13)21(25)28-18(14-8-4-2-5-9-14)15-10-6-3-7-11-15/h2-11,16,18,20H,12H2,1H3/t16-,20-/m0/s1. The van der Waals surface area contributed by atoms with Crippen LogP contribution < -0.4 is 0 Å². The highest BCUT2D eigenvalue weighted by molar-refractivity contribution is 9.10. The molecular formula is C21H18BrNO5S. The maximum absolute atomic E-state index is 13.1. The molecule has 0 aromatic heterocycles. The first-order valence-corrected chi connectivity index (χ1v) is 11.6. The molecule has 0 aliphatic carbocycles. The summed E-state index contributed by atoms with van der Waals surface area (Å²) in [5, 5.41) is -1.08. The van der Waals surface area contributed by atoms with Crippen molar-refractivity contribution in [2.75, 3.05) is 5.75 Å². The molecular weight excluding hydrogens is 458 g/mol. The number of nitrogens with zero attached hydrogens (tertiary/aromatic N) is 1. The zero-order valence-electron chi connectivity index (χ0n) is 15.5. The molecule has 0 radical (unpaired) electrons. The largest absolute Gasteiger partial charge is 0.448 e. The topological polar surface area (TPSA) is 80.8 Å². The van der Waals surface area contributed by atoms with Crippen molar-refractivity contribution in [3.05, 3.63) is 83.1 Å². The normalized spacial score (nSPS) is 22.9. The molecule has 0 N–H and O–H groups in total. The van der Waals surface area contributed by atoms with E-state index in [0.29, 0.717) is 5.57 Å². The van der Waals surface area contributed by atoms with Crippen molar-refractivity contribution < 1.29 is 22.7 Å². The third-order valence-electron chi connectivity index (χ3n) is 5.03. The second-order valence-corrected chi connectivity index (χ2v) is 10.1. The molecule has 2 aliphatic rings. The van der Waals surface area contributed by atoms with Gasteiger partial charge in [0, 0.05) is 0 Å². The minimum atomic E-state index is -3.56. The van der Waals surface area contributed by atoms with E-state index in [1.807, 2.05) is 60.7 Å². The van der Waals surface area contributed by atoms with E-state index in [-0.39, 0.29) is 11.4 Å². The van der Waals surface area contributed by atoms with Gasteiger partial charge < -0.3 is 4.74 Å². The van der Waals surface area contributed by atoms with E-state index in [4.69, 9.17) is 4.74 Å². The number of benzene rings is 2. The highest BCUT2D eigenvalue weighted by Crippen LogP contribution is 2.41. The Hall–Kier alpha value is -2.45. The molecule has 2 aromatic carbocycles. The first kappa shape index (κ1) is 19.8. The summed E-state index contributed by atoms with van der Waals surface area (Å²) in [5.41, 5.74) is 1.87. The Labute approximate surface area is 177 Å². The number of esters is 1. The molecule has 1 amide bonds. The molecule has 8 heteroatoms. The van der Waals surface area contributed by atoms with Crippen molar-refractivity contribution in [2.45, 2.75) is 23.2 Å². The molecule has 2 heterocycles. The van der Waals surface area contributed by atoms with Gasteiger partial charge in [-0.2, -0.15) is 0 Å². The smallest absolute Gasteiger partial charge is 0.356 e. The van der Waals surface area contributed by atoms with Crippen LogP contribution in [0.25, 0.3) is 0 Å². The molecule has 2 aliphatic heterocycles. The molecule has 4 rings (SSSR count). The molecule has 150 valence electrons. The van der Waals surface area contributed by atoms with Crippen LogP contribution in [0.5, 0.6) is 0 Å². The Balaban J connectivity index is 1.70. The predicted octanol–water partition coefficient (Wildman–Crippen LogP) is 2.95. The summed E-state index contributed by atoms with van der Waals surface area (Å²) in [6, 6.07) is 18.5. The van der Waals surface area contributed by atoms with Gasteiger partial charge in [0.2, 0.25) is 5.91 Å². The van der Waals surface area contributed by atoms with Gasteiger partial charge in [-0.05, 0) is 23.6 Å². The third kappa shape index (κ3) is 3.40. The molecule has 0 unspecified atom stereocenters. The lowest BCUT2D eigenvalue weighted by molar-refractivity contribution is -0.151. The van der Waals surface area contributed by atoms with E-state index in [9.17, 15) is 18.0 Å². The summed E-state index contributed by atoms with van der Waals surface area (Å²) >= 11 is 3.12. The number of sulfone groups is 1. The Morgan fingerprint density at radius 3 is 2.10 bits per heavy atom. The number of ether oxygens (including phenoxy) is 1. The fourth-order valence-electron chi connectivity index (χ4n) is 3.69. The number of fused-ring (bicyclic) bond motifs is 1. The van der Waals surface area contributed by atoms with Gasteiger partial charge in [0.15, 0.2) is 21.3 Å². The van der Waals surface area contributed by atoms with Gasteiger partial charge in [0.25, 0.3) is 0 Å². The maximum Gasteiger partial charge on any atom is 0.356 e. The number of β-lactam (4-membered cyclic amide) rings is 1. The van der Waals surface area contributed by atoms with Gasteiger partial charge in [-0.25, -0.2) is 13.2 Å². The number of carbonyl (C=O) groups is 2. The lowest BCUT2D eigenvalue weighted by Gasteiger charge is -2.47. The second kappa shape index (κ2) is 7.42. The van der Waals surface area contributed by atoms with Crippen LogP contribution in [0.4, 0.5) is 0 Å². The Bertz CT molecular complexity index is 1060. The molecule has 1 saturated heterocycles. The van der Waals surface area contributed by atoms with Gasteiger partial charge in [-0.15, -0.1) is 0 Å². The summed E-state index contributed by atoms with van der Waals surface area (Å²) < 4.78 is 30.7.